The van der Waals surface area contributed by atoms with E-state index in [9.17, 15) is 9.59 Å². The van der Waals surface area contributed by atoms with Gasteiger partial charge in [0.05, 0.1) is 5.52 Å². The summed E-state index contributed by atoms with van der Waals surface area (Å²) >= 11 is 0. The lowest BCUT2D eigenvalue weighted by molar-refractivity contribution is 0.463. The van der Waals surface area contributed by atoms with Crippen LogP contribution in [0, 0.1) is 5.92 Å². The molecule has 0 amide bonds. The van der Waals surface area contributed by atoms with Gasteiger partial charge in [-0.1, -0.05) is 20.3 Å². The Kier molecular flexibility index (Phi) is 2.92. The molecule has 17 heavy (non-hydrogen) atoms. The van der Waals surface area contributed by atoms with E-state index in [1.165, 1.54) is 6.07 Å². The third-order valence-corrected chi connectivity index (χ3v) is 3.22. The van der Waals surface area contributed by atoms with E-state index in [-0.39, 0.29) is 11.2 Å². The zero-order valence-electron chi connectivity index (χ0n) is 10.4. The van der Waals surface area contributed by atoms with Crippen molar-refractivity contribution in [3.63, 3.8) is 0 Å². The van der Waals surface area contributed by atoms with Gasteiger partial charge in [0, 0.05) is 19.7 Å². The first kappa shape index (κ1) is 11.7. The van der Waals surface area contributed by atoms with Crippen LogP contribution in [0.2, 0.25) is 0 Å². The summed E-state index contributed by atoms with van der Waals surface area (Å²) in [5.74, 6) is 0.405. The van der Waals surface area contributed by atoms with Crippen molar-refractivity contribution in [2.45, 2.75) is 26.8 Å². The molecular formula is C12H17N3O2. The Bertz CT molecular complexity index is 648. The van der Waals surface area contributed by atoms with E-state index in [1.807, 2.05) is 0 Å². The third kappa shape index (κ3) is 1.92. The maximum absolute atomic E-state index is 12.1. The summed E-state index contributed by atoms with van der Waals surface area (Å²) in [6.07, 6.45) is 1.000. The van der Waals surface area contributed by atoms with Gasteiger partial charge in [-0.2, -0.15) is 0 Å². The normalized spacial score (nSPS) is 13.1. The second-order valence-electron chi connectivity index (χ2n) is 4.52. The Morgan fingerprint density at radius 3 is 2.71 bits per heavy atom. The number of rotatable bonds is 3. The average Bonchev–Trinajstić information content (AvgIpc) is 2.54. The molecule has 0 aromatic carbocycles. The van der Waals surface area contributed by atoms with Gasteiger partial charge in [0.15, 0.2) is 0 Å². The van der Waals surface area contributed by atoms with Crippen LogP contribution in [0.3, 0.4) is 0 Å². The molecule has 0 aliphatic carbocycles. The fraction of sp³-hybridized carbons (Fsp3) is 0.500. The first-order valence-corrected chi connectivity index (χ1v) is 5.83. The lowest BCUT2D eigenvalue weighted by Crippen LogP contribution is -2.25. The molecule has 2 aromatic heterocycles. The molecule has 0 aliphatic rings. The summed E-state index contributed by atoms with van der Waals surface area (Å²) in [5.41, 5.74) is 1.12. The summed E-state index contributed by atoms with van der Waals surface area (Å²) in [6, 6.07) is 3.12. The lowest BCUT2D eigenvalue weighted by Gasteiger charge is -2.08. The standard InChI is InChI=1S/C12H17N3O2/c1-4-8(2)7-15-11-9(14(3)12(15)17)5-6-10(16)13-11/h5-6,8H,4,7H2,1-3H3,(H,13,16). The van der Waals surface area contributed by atoms with E-state index >= 15 is 0 Å². The van der Waals surface area contributed by atoms with Gasteiger partial charge in [-0.15, -0.1) is 0 Å². The number of hydrogen-bond donors (Lipinski definition) is 1. The van der Waals surface area contributed by atoms with Crippen LogP contribution in [0.25, 0.3) is 11.2 Å². The van der Waals surface area contributed by atoms with Gasteiger partial charge in [-0.25, -0.2) is 4.79 Å². The quantitative estimate of drug-likeness (QED) is 0.865. The van der Waals surface area contributed by atoms with Gasteiger partial charge in [-0.3, -0.25) is 13.9 Å². The van der Waals surface area contributed by atoms with Crippen molar-refractivity contribution in [3.8, 4) is 0 Å². The van der Waals surface area contributed by atoms with Crippen molar-refractivity contribution in [2.75, 3.05) is 0 Å². The van der Waals surface area contributed by atoms with Gasteiger partial charge in [0.25, 0.3) is 0 Å². The Labute approximate surface area is 98.7 Å². The second kappa shape index (κ2) is 4.24. The van der Waals surface area contributed by atoms with Crippen LogP contribution in [0.4, 0.5) is 0 Å². The molecule has 0 fully saturated rings. The highest BCUT2D eigenvalue weighted by Crippen LogP contribution is 2.10. The molecule has 0 spiro atoms. The van der Waals surface area contributed by atoms with Crippen molar-refractivity contribution in [2.24, 2.45) is 13.0 Å². The number of fused-ring (bicyclic) bond motifs is 1. The smallest absolute Gasteiger partial charge is 0.307 e. The second-order valence-corrected chi connectivity index (χ2v) is 4.52. The molecule has 1 atom stereocenters. The number of hydrogen-bond acceptors (Lipinski definition) is 2. The average molecular weight is 235 g/mol. The van der Waals surface area contributed by atoms with Gasteiger partial charge >= 0.3 is 5.69 Å². The van der Waals surface area contributed by atoms with Crippen LogP contribution in [0.15, 0.2) is 21.7 Å². The number of aromatic amines is 1. The number of nitrogens with zero attached hydrogens (tertiary/aromatic N) is 2. The van der Waals surface area contributed by atoms with Crippen molar-refractivity contribution in [1.82, 2.24) is 14.1 Å². The van der Waals surface area contributed by atoms with Crippen LogP contribution < -0.4 is 11.2 Å². The van der Waals surface area contributed by atoms with E-state index in [2.05, 4.69) is 18.8 Å². The molecule has 5 nitrogen and oxygen atoms in total. The Hall–Kier alpha value is -1.78. The highest BCUT2D eigenvalue weighted by atomic mass is 16.2. The number of nitrogens with one attached hydrogen (secondary N) is 1. The number of H-pyrrole nitrogens is 1. The van der Waals surface area contributed by atoms with E-state index in [0.717, 1.165) is 11.9 Å². The summed E-state index contributed by atoms with van der Waals surface area (Å²) in [6.45, 7) is 4.81. The monoisotopic (exact) mass is 235 g/mol. The van der Waals surface area contributed by atoms with Gasteiger partial charge < -0.3 is 4.98 Å². The largest absolute Gasteiger partial charge is 0.330 e. The van der Waals surface area contributed by atoms with E-state index in [0.29, 0.717) is 18.1 Å². The Balaban J connectivity index is 2.69. The number of imidazole rings is 1. The van der Waals surface area contributed by atoms with Crippen molar-refractivity contribution >= 4 is 11.2 Å². The summed E-state index contributed by atoms with van der Waals surface area (Å²) < 4.78 is 3.21. The molecule has 0 bridgehead atoms. The van der Waals surface area contributed by atoms with E-state index in [4.69, 9.17) is 0 Å². The highest BCUT2D eigenvalue weighted by molar-refractivity contribution is 5.71. The molecule has 0 aliphatic heterocycles. The molecule has 2 rings (SSSR count). The fourth-order valence-electron chi connectivity index (χ4n) is 1.92. The van der Waals surface area contributed by atoms with Gasteiger partial charge in [0.1, 0.15) is 5.65 Å². The van der Waals surface area contributed by atoms with Crippen molar-refractivity contribution in [3.05, 3.63) is 33.0 Å². The predicted octanol–water partition coefficient (Wildman–Crippen LogP) is 1.07. The molecule has 0 saturated carbocycles. The zero-order chi connectivity index (χ0) is 12.6. The van der Waals surface area contributed by atoms with Gasteiger partial charge in [0.2, 0.25) is 5.56 Å². The third-order valence-electron chi connectivity index (χ3n) is 3.22. The molecule has 0 radical (unpaired) electrons. The van der Waals surface area contributed by atoms with Crippen molar-refractivity contribution in [1.29, 1.82) is 0 Å². The molecule has 2 heterocycles. The maximum Gasteiger partial charge on any atom is 0.330 e. The molecule has 0 saturated heterocycles. The van der Waals surface area contributed by atoms with E-state index < -0.39 is 0 Å². The van der Waals surface area contributed by atoms with Crippen LogP contribution in [-0.4, -0.2) is 14.1 Å². The van der Waals surface area contributed by atoms with Gasteiger partial charge in [-0.05, 0) is 12.0 Å². The number of pyridine rings is 1. The number of aryl methyl sites for hydroxylation is 1. The minimum Gasteiger partial charge on any atom is -0.307 e. The fourth-order valence-corrected chi connectivity index (χ4v) is 1.92. The molecule has 1 unspecified atom stereocenters. The SMILES string of the molecule is CCC(C)Cn1c(=O)n(C)c2ccc(=O)[nH]c21. The molecule has 2 aromatic rings. The molecule has 5 heteroatoms. The zero-order valence-corrected chi connectivity index (χ0v) is 10.4. The van der Waals surface area contributed by atoms with Crippen molar-refractivity contribution < 1.29 is 0 Å². The minimum absolute atomic E-state index is 0.0813. The summed E-state index contributed by atoms with van der Waals surface area (Å²) in [5, 5.41) is 0. The topological polar surface area (TPSA) is 59.8 Å². The molecular weight excluding hydrogens is 218 g/mol. The lowest BCUT2D eigenvalue weighted by atomic mass is 10.1. The van der Waals surface area contributed by atoms with E-state index in [1.54, 1.807) is 22.2 Å². The summed E-state index contributed by atoms with van der Waals surface area (Å²) in [7, 11) is 1.72. The Morgan fingerprint density at radius 2 is 2.06 bits per heavy atom. The first-order chi connectivity index (χ1) is 8.04. The minimum atomic E-state index is -0.180. The van der Waals surface area contributed by atoms with Crippen LogP contribution in [0.1, 0.15) is 20.3 Å². The van der Waals surface area contributed by atoms with Crippen LogP contribution in [0.5, 0.6) is 0 Å². The summed E-state index contributed by atoms with van der Waals surface area (Å²) in [4.78, 5) is 26.1. The predicted molar refractivity (Wildman–Crippen MR) is 67.3 cm³/mol. The van der Waals surface area contributed by atoms with Crippen LogP contribution in [-0.2, 0) is 13.6 Å². The maximum atomic E-state index is 12.1. The Morgan fingerprint density at radius 1 is 1.35 bits per heavy atom. The van der Waals surface area contributed by atoms with Crippen LogP contribution >= 0.6 is 0 Å². The molecule has 92 valence electrons. The first-order valence-electron chi connectivity index (χ1n) is 5.83. The highest BCUT2D eigenvalue weighted by Gasteiger charge is 2.12. The number of aromatic nitrogens is 3. The molecule has 1 N–H and O–H groups in total.